The summed E-state index contributed by atoms with van der Waals surface area (Å²) in [5, 5.41) is 3.15. The summed E-state index contributed by atoms with van der Waals surface area (Å²) in [6.07, 6.45) is 2.86. The van der Waals surface area contributed by atoms with Crippen molar-refractivity contribution in [3.8, 4) is 0 Å². The largest absolute Gasteiger partial charge is 0.355 e. The van der Waals surface area contributed by atoms with Crippen molar-refractivity contribution in [3.05, 3.63) is 60.4 Å². The zero-order valence-corrected chi connectivity index (χ0v) is 17.9. The topological polar surface area (TPSA) is 86.7 Å². The third-order valence-corrected chi connectivity index (χ3v) is 4.77. The molecule has 0 radical (unpaired) electrons. The monoisotopic (exact) mass is 489 g/mol. The van der Waals surface area contributed by atoms with Gasteiger partial charge in [0.05, 0.1) is 6.54 Å². The summed E-state index contributed by atoms with van der Waals surface area (Å²) >= 11 is 0. The third kappa shape index (κ3) is 7.26. The molecule has 9 heteroatoms. The van der Waals surface area contributed by atoms with Crippen LogP contribution in [0.3, 0.4) is 0 Å². The number of guanidine groups is 1. The summed E-state index contributed by atoms with van der Waals surface area (Å²) < 4.78 is 26.7. The lowest BCUT2D eigenvalue weighted by Crippen LogP contribution is -2.41. The maximum Gasteiger partial charge on any atom is 0.242 e. The minimum atomic E-state index is -3.54. The predicted octanol–water partition coefficient (Wildman–Crippen LogP) is 1.69. The van der Waals surface area contributed by atoms with Crippen molar-refractivity contribution in [3.63, 3.8) is 0 Å². The number of aromatic nitrogens is 1. The number of nitrogens with zero attached hydrogens (tertiary/aromatic N) is 3. The quantitative estimate of drug-likeness (QED) is 0.268. The first-order valence-electron chi connectivity index (χ1n) is 7.88. The van der Waals surface area contributed by atoms with E-state index in [2.05, 4.69) is 20.0 Å². The first-order chi connectivity index (χ1) is 12.0. The Bertz CT molecular complexity index is 783. The Morgan fingerprint density at radius 2 is 1.85 bits per heavy atom. The van der Waals surface area contributed by atoms with Gasteiger partial charge in [0, 0.05) is 39.6 Å². The number of hydrogen-bond donors (Lipinski definition) is 2. The molecule has 0 unspecified atom stereocenters. The van der Waals surface area contributed by atoms with Crippen LogP contribution in [0, 0.1) is 0 Å². The van der Waals surface area contributed by atoms with Crippen molar-refractivity contribution in [1.82, 2.24) is 19.9 Å². The molecule has 142 valence electrons. The zero-order valence-electron chi connectivity index (χ0n) is 14.8. The van der Waals surface area contributed by atoms with Crippen LogP contribution in [0.1, 0.15) is 5.56 Å². The van der Waals surface area contributed by atoms with E-state index in [1.54, 1.807) is 6.07 Å². The summed E-state index contributed by atoms with van der Waals surface area (Å²) in [5.41, 5.74) is 1.11. The van der Waals surface area contributed by atoms with E-state index >= 15 is 0 Å². The van der Waals surface area contributed by atoms with Gasteiger partial charge < -0.3 is 10.2 Å². The molecule has 1 heterocycles. The maximum absolute atomic E-state index is 12.1. The van der Waals surface area contributed by atoms with Gasteiger partial charge in [-0.3, -0.25) is 4.98 Å². The fraction of sp³-hybridized carbons (Fsp3) is 0.294. The van der Waals surface area contributed by atoms with Crippen LogP contribution in [0.15, 0.2) is 64.7 Å². The molecule has 26 heavy (non-hydrogen) atoms. The van der Waals surface area contributed by atoms with Gasteiger partial charge in [0.1, 0.15) is 4.90 Å². The standard InChI is InChI=1S/C17H23N5O2S.HI/c1-22(2)17(20-13-15-7-4-3-5-8-15)19-11-12-21-25(23,24)16-9-6-10-18-14-16;/h3-10,14,21H,11-13H2,1-2H3,(H,19,20);1H. The van der Waals surface area contributed by atoms with E-state index in [0.29, 0.717) is 19.0 Å². The highest BCUT2D eigenvalue weighted by Gasteiger charge is 2.12. The van der Waals surface area contributed by atoms with E-state index in [-0.39, 0.29) is 35.4 Å². The highest BCUT2D eigenvalue weighted by Crippen LogP contribution is 2.04. The van der Waals surface area contributed by atoms with Crippen molar-refractivity contribution >= 4 is 40.0 Å². The third-order valence-electron chi connectivity index (χ3n) is 3.32. The Morgan fingerprint density at radius 1 is 1.12 bits per heavy atom. The van der Waals surface area contributed by atoms with Crippen LogP contribution in [0.5, 0.6) is 0 Å². The summed E-state index contributed by atoms with van der Waals surface area (Å²) in [6.45, 7) is 1.23. The van der Waals surface area contributed by atoms with Crippen molar-refractivity contribution in [2.24, 2.45) is 4.99 Å². The second kappa shape index (κ2) is 11.1. The van der Waals surface area contributed by atoms with Crippen molar-refractivity contribution in [2.45, 2.75) is 11.4 Å². The minimum Gasteiger partial charge on any atom is -0.355 e. The van der Waals surface area contributed by atoms with E-state index in [9.17, 15) is 8.42 Å². The van der Waals surface area contributed by atoms with E-state index in [1.807, 2.05) is 49.3 Å². The predicted molar refractivity (Wildman–Crippen MR) is 114 cm³/mol. The van der Waals surface area contributed by atoms with Gasteiger partial charge in [-0.25, -0.2) is 18.1 Å². The van der Waals surface area contributed by atoms with Gasteiger partial charge in [-0.1, -0.05) is 30.3 Å². The summed E-state index contributed by atoms with van der Waals surface area (Å²) in [6, 6.07) is 13.0. The first kappa shape index (κ1) is 22.3. The van der Waals surface area contributed by atoms with Gasteiger partial charge in [0.25, 0.3) is 0 Å². The molecular weight excluding hydrogens is 465 g/mol. The number of sulfonamides is 1. The second-order valence-electron chi connectivity index (χ2n) is 5.53. The number of nitrogens with one attached hydrogen (secondary N) is 2. The molecule has 0 atom stereocenters. The minimum absolute atomic E-state index is 0. The summed E-state index contributed by atoms with van der Waals surface area (Å²) in [5.74, 6) is 0.699. The molecule has 0 aliphatic carbocycles. The van der Waals surface area contributed by atoms with Gasteiger partial charge in [-0.2, -0.15) is 0 Å². The Hall–Kier alpha value is -1.72. The zero-order chi connectivity index (χ0) is 18.1. The molecule has 2 rings (SSSR count). The Balaban J connectivity index is 0.00000338. The summed E-state index contributed by atoms with van der Waals surface area (Å²) in [4.78, 5) is 10.4. The number of hydrogen-bond acceptors (Lipinski definition) is 4. The van der Waals surface area contributed by atoms with Crippen LogP contribution in [0.25, 0.3) is 0 Å². The highest BCUT2D eigenvalue weighted by molar-refractivity contribution is 14.0. The molecule has 0 fully saturated rings. The first-order valence-corrected chi connectivity index (χ1v) is 9.36. The molecule has 1 aromatic carbocycles. The lowest BCUT2D eigenvalue weighted by Gasteiger charge is -2.18. The number of halogens is 1. The molecular formula is C17H24IN5O2S. The fourth-order valence-corrected chi connectivity index (χ4v) is 3.05. The van der Waals surface area contributed by atoms with Crippen LogP contribution < -0.4 is 10.0 Å². The molecule has 1 aromatic heterocycles. The van der Waals surface area contributed by atoms with Gasteiger partial charge >= 0.3 is 0 Å². The lowest BCUT2D eigenvalue weighted by molar-refractivity contribution is 0.567. The van der Waals surface area contributed by atoms with Crippen LogP contribution in [-0.4, -0.2) is 51.4 Å². The van der Waals surface area contributed by atoms with Gasteiger partial charge in [0.15, 0.2) is 5.96 Å². The number of pyridine rings is 1. The molecule has 0 spiro atoms. The maximum atomic E-state index is 12.1. The van der Waals surface area contributed by atoms with E-state index in [4.69, 9.17) is 0 Å². The Kier molecular flexibility index (Phi) is 9.52. The van der Waals surface area contributed by atoms with Crippen LogP contribution in [0.4, 0.5) is 0 Å². The van der Waals surface area contributed by atoms with E-state index in [1.165, 1.54) is 18.5 Å². The number of rotatable bonds is 7. The molecule has 0 bridgehead atoms. The van der Waals surface area contributed by atoms with Gasteiger partial charge in [-0.15, -0.1) is 24.0 Å². The van der Waals surface area contributed by atoms with Crippen LogP contribution in [0.2, 0.25) is 0 Å². The average molecular weight is 489 g/mol. The Labute approximate surface area is 172 Å². The molecule has 2 aromatic rings. The second-order valence-corrected chi connectivity index (χ2v) is 7.30. The molecule has 0 aliphatic heterocycles. The lowest BCUT2D eigenvalue weighted by atomic mass is 10.2. The van der Waals surface area contributed by atoms with Crippen molar-refractivity contribution in [2.75, 3.05) is 27.2 Å². The van der Waals surface area contributed by atoms with Gasteiger partial charge in [-0.05, 0) is 17.7 Å². The summed E-state index contributed by atoms with van der Waals surface area (Å²) in [7, 11) is 0.231. The Morgan fingerprint density at radius 3 is 2.46 bits per heavy atom. The molecule has 0 amide bonds. The number of aliphatic imine (C=N–C) groups is 1. The van der Waals surface area contributed by atoms with Crippen molar-refractivity contribution < 1.29 is 8.42 Å². The fourth-order valence-electron chi connectivity index (χ4n) is 2.05. The van der Waals surface area contributed by atoms with E-state index in [0.717, 1.165) is 5.56 Å². The molecule has 0 saturated carbocycles. The smallest absolute Gasteiger partial charge is 0.242 e. The average Bonchev–Trinajstić information content (AvgIpc) is 2.62. The molecule has 2 N–H and O–H groups in total. The molecule has 7 nitrogen and oxygen atoms in total. The normalized spacial score (nSPS) is 11.5. The molecule has 0 saturated heterocycles. The SMILES string of the molecule is CN(C)C(=NCc1ccccc1)NCCNS(=O)(=O)c1cccnc1.I. The van der Waals surface area contributed by atoms with Crippen LogP contribution >= 0.6 is 24.0 Å². The van der Waals surface area contributed by atoms with Gasteiger partial charge in [0.2, 0.25) is 10.0 Å². The van der Waals surface area contributed by atoms with Crippen LogP contribution in [-0.2, 0) is 16.6 Å². The van der Waals surface area contributed by atoms with Crippen molar-refractivity contribution in [1.29, 1.82) is 0 Å². The number of benzene rings is 1. The molecule has 0 aliphatic rings. The van der Waals surface area contributed by atoms with E-state index < -0.39 is 10.0 Å². The highest BCUT2D eigenvalue weighted by atomic mass is 127.